The average molecular weight is 414 g/mol. The predicted molar refractivity (Wildman–Crippen MR) is 98.5 cm³/mol. The number of carbonyl (C=O) groups excluding carboxylic acids is 2. The van der Waals surface area contributed by atoms with Crippen molar-refractivity contribution in [1.29, 1.82) is 0 Å². The summed E-state index contributed by atoms with van der Waals surface area (Å²) >= 11 is 0. The molecule has 154 valence electrons. The number of anilines is 1. The number of hydrogen-bond donors (Lipinski definition) is 1. The van der Waals surface area contributed by atoms with Gasteiger partial charge in [0, 0.05) is 26.2 Å². The van der Waals surface area contributed by atoms with E-state index >= 15 is 0 Å². The highest BCUT2D eigenvalue weighted by Gasteiger charge is 2.39. The minimum atomic E-state index is -3.84. The number of aliphatic hydroxyl groups is 1. The number of amides is 1. The largest absolute Gasteiger partial charge is 0.393 e. The van der Waals surface area contributed by atoms with Crippen molar-refractivity contribution >= 4 is 27.4 Å². The highest BCUT2D eigenvalue weighted by atomic mass is 32.2. The zero-order chi connectivity index (χ0) is 20.5. The molecule has 8 nitrogen and oxygen atoms in total. The van der Waals surface area contributed by atoms with Gasteiger partial charge in [0.05, 0.1) is 29.4 Å². The molecule has 0 radical (unpaired) electrons. The number of alkyl halides is 1. The van der Waals surface area contributed by atoms with Gasteiger partial charge in [0.1, 0.15) is 6.17 Å². The van der Waals surface area contributed by atoms with Crippen LogP contribution in [0.25, 0.3) is 0 Å². The lowest BCUT2D eigenvalue weighted by atomic mass is 10.1. The third-order valence-corrected chi connectivity index (χ3v) is 7.04. The molecule has 1 N–H and O–H groups in total. The molecule has 1 saturated heterocycles. The fraction of sp³-hybridized carbons (Fsp3) is 0.556. The fourth-order valence-corrected chi connectivity index (χ4v) is 5.35. The van der Waals surface area contributed by atoms with Crippen LogP contribution in [-0.4, -0.2) is 75.1 Å². The Morgan fingerprint density at radius 2 is 2.11 bits per heavy atom. The molecule has 1 fully saturated rings. The molecule has 2 aliphatic rings. The SMILES string of the molecule is COC[C@@H]1CCCN1S(=O)(=O)c1ccc2c(c1)C(=O)C(=O)N2CC[C@@H](F)CO. The number of benzene rings is 1. The smallest absolute Gasteiger partial charge is 0.299 e. The van der Waals surface area contributed by atoms with Crippen LogP contribution in [0, 0.1) is 0 Å². The third-order valence-electron chi connectivity index (χ3n) is 5.10. The molecule has 10 heteroatoms. The number of methoxy groups -OCH3 is 1. The first-order valence-electron chi connectivity index (χ1n) is 9.07. The Morgan fingerprint density at radius 1 is 1.36 bits per heavy atom. The lowest BCUT2D eigenvalue weighted by Gasteiger charge is -2.24. The number of sulfonamides is 1. The Kier molecular flexibility index (Phi) is 6.13. The minimum Gasteiger partial charge on any atom is -0.393 e. The van der Waals surface area contributed by atoms with E-state index in [0.717, 1.165) is 11.3 Å². The van der Waals surface area contributed by atoms with Crippen LogP contribution in [-0.2, 0) is 19.6 Å². The second-order valence-corrected chi connectivity index (χ2v) is 8.79. The van der Waals surface area contributed by atoms with E-state index < -0.39 is 34.5 Å². The van der Waals surface area contributed by atoms with Gasteiger partial charge in [-0.3, -0.25) is 9.59 Å². The van der Waals surface area contributed by atoms with Gasteiger partial charge in [-0.15, -0.1) is 0 Å². The number of Topliss-reactive ketones (excluding diaryl/α,β-unsaturated/α-hetero) is 1. The summed E-state index contributed by atoms with van der Waals surface area (Å²) < 4.78 is 45.8. The molecule has 0 unspecified atom stereocenters. The monoisotopic (exact) mass is 414 g/mol. The number of ether oxygens (including phenoxy) is 1. The molecular weight excluding hydrogens is 391 g/mol. The highest BCUT2D eigenvalue weighted by Crippen LogP contribution is 2.33. The van der Waals surface area contributed by atoms with Crippen molar-refractivity contribution in [3.8, 4) is 0 Å². The minimum absolute atomic E-state index is 0.00651. The summed E-state index contributed by atoms with van der Waals surface area (Å²) in [4.78, 5) is 25.6. The topological polar surface area (TPSA) is 104 Å². The molecule has 1 aromatic carbocycles. The predicted octanol–water partition coefficient (Wildman–Crippen LogP) is 0.736. The number of fused-ring (bicyclic) bond motifs is 1. The van der Waals surface area contributed by atoms with Crippen molar-refractivity contribution in [2.75, 3.05) is 38.3 Å². The molecule has 1 amide bonds. The van der Waals surface area contributed by atoms with Crippen molar-refractivity contribution in [2.45, 2.75) is 36.4 Å². The van der Waals surface area contributed by atoms with Crippen LogP contribution in [0.3, 0.4) is 0 Å². The first-order valence-corrected chi connectivity index (χ1v) is 10.5. The number of aliphatic hydroxyl groups excluding tert-OH is 1. The van der Waals surface area contributed by atoms with Gasteiger partial charge in [0.25, 0.3) is 11.7 Å². The first-order chi connectivity index (χ1) is 13.3. The molecule has 0 aromatic heterocycles. The third kappa shape index (κ3) is 3.69. The maximum Gasteiger partial charge on any atom is 0.299 e. The van der Waals surface area contributed by atoms with E-state index in [1.165, 1.54) is 29.6 Å². The molecule has 0 bridgehead atoms. The number of carbonyl (C=O) groups is 2. The molecular formula is C18H23FN2O6S. The Morgan fingerprint density at radius 3 is 2.79 bits per heavy atom. The number of ketones is 1. The summed E-state index contributed by atoms with van der Waals surface area (Å²) in [5.74, 6) is -1.64. The Bertz CT molecular complexity index is 875. The molecule has 2 aliphatic heterocycles. The highest BCUT2D eigenvalue weighted by molar-refractivity contribution is 7.89. The molecule has 28 heavy (non-hydrogen) atoms. The zero-order valence-corrected chi connectivity index (χ0v) is 16.3. The summed E-state index contributed by atoms with van der Waals surface area (Å²) in [5.41, 5.74) is 0.252. The lowest BCUT2D eigenvalue weighted by Crippen LogP contribution is -2.38. The Labute approximate surface area is 162 Å². The van der Waals surface area contributed by atoms with E-state index in [0.29, 0.717) is 13.0 Å². The second-order valence-electron chi connectivity index (χ2n) is 6.90. The molecule has 0 saturated carbocycles. The quantitative estimate of drug-likeness (QED) is 0.629. The van der Waals surface area contributed by atoms with Crippen LogP contribution in [0.15, 0.2) is 23.1 Å². The van der Waals surface area contributed by atoms with E-state index in [1.807, 2.05) is 0 Å². The Hall–Kier alpha value is -1.88. The van der Waals surface area contributed by atoms with Gasteiger partial charge >= 0.3 is 0 Å². The van der Waals surface area contributed by atoms with Crippen LogP contribution in [0.1, 0.15) is 29.6 Å². The van der Waals surface area contributed by atoms with Crippen molar-refractivity contribution in [2.24, 2.45) is 0 Å². The van der Waals surface area contributed by atoms with Crippen LogP contribution in [0.4, 0.5) is 10.1 Å². The van der Waals surface area contributed by atoms with Crippen LogP contribution in [0.2, 0.25) is 0 Å². The molecule has 0 aliphatic carbocycles. The van der Waals surface area contributed by atoms with Gasteiger partial charge in [-0.1, -0.05) is 0 Å². The zero-order valence-electron chi connectivity index (χ0n) is 15.5. The average Bonchev–Trinajstić information content (AvgIpc) is 3.24. The van der Waals surface area contributed by atoms with Crippen LogP contribution >= 0.6 is 0 Å². The van der Waals surface area contributed by atoms with Gasteiger partial charge in [-0.05, 0) is 37.5 Å². The summed E-state index contributed by atoms with van der Waals surface area (Å²) in [6.07, 6.45) is -0.210. The maximum atomic E-state index is 13.3. The second kappa shape index (κ2) is 8.24. The maximum absolute atomic E-state index is 13.3. The summed E-state index contributed by atoms with van der Waals surface area (Å²) in [7, 11) is -2.33. The van der Waals surface area contributed by atoms with Gasteiger partial charge < -0.3 is 14.7 Å². The van der Waals surface area contributed by atoms with E-state index in [9.17, 15) is 22.4 Å². The van der Waals surface area contributed by atoms with Crippen molar-refractivity contribution in [1.82, 2.24) is 4.31 Å². The van der Waals surface area contributed by atoms with Gasteiger partial charge in [0.2, 0.25) is 10.0 Å². The number of halogens is 1. The van der Waals surface area contributed by atoms with Crippen LogP contribution in [0.5, 0.6) is 0 Å². The van der Waals surface area contributed by atoms with E-state index in [2.05, 4.69) is 0 Å². The normalized spacial score (nSPS) is 21.4. The summed E-state index contributed by atoms with van der Waals surface area (Å²) in [5, 5.41) is 8.79. The standard InChI is InChI=1S/C18H23FN2O6S/c1-27-11-13-3-2-7-21(13)28(25,26)14-4-5-16-15(9-14)17(23)18(24)20(16)8-6-12(19)10-22/h4-5,9,12-13,22H,2-3,6-8,10-11H2,1H3/t12-,13+/m1/s1. The van der Waals surface area contributed by atoms with E-state index in [-0.39, 0.29) is 41.8 Å². The van der Waals surface area contributed by atoms with Crippen molar-refractivity contribution in [3.63, 3.8) is 0 Å². The van der Waals surface area contributed by atoms with E-state index in [1.54, 1.807) is 0 Å². The summed E-state index contributed by atoms with van der Waals surface area (Å²) in [6.45, 7) is -0.0952. The Balaban J connectivity index is 1.89. The molecule has 0 spiro atoms. The van der Waals surface area contributed by atoms with Gasteiger partial charge in [-0.25, -0.2) is 12.8 Å². The van der Waals surface area contributed by atoms with Crippen molar-refractivity contribution < 1.29 is 32.2 Å². The first kappa shape index (κ1) is 20.8. The number of rotatable bonds is 8. The fourth-order valence-electron chi connectivity index (χ4n) is 3.64. The van der Waals surface area contributed by atoms with Crippen molar-refractivity contribution in [3.05, 3.63) is 23.8 Å². The van der Waals surface area contributed by atoms with Crippen LogP contribution < -0.4 is 4.90 Å². The molecule has 2 atom stereocenters. The lowest BCUT2D eigenvalue weighted by molar-refractivity contribution is -0.114. The summed E-state index contributed by atoms with van der Waals surface area (Å²) in [6, 6.07) is 3.70. The van der Waals surface area contributed by atoms with E-state index in [4.69, 9.17) is 9.84 Å². The van der Waals surface area contributed by atoms with Gasteiger partial charge in [-0.2, -0.15) is 4.31 Å². The number of hydrogen-bond acceptors (Lipinski definition) is 6. The van der Waals surface area contributed by atoms with Gasteiger partial charge in [0.15, 0.2) is 0 Å². The molecule has 3 rings (SSSR count). The number of nitrogens with zero attached hydrogens (tertiary/aromatic N) is 2. The molecule has 2 heterocycles. The molecule has 1 aromatic rings.